The number of nitrogens with one attached hydrogen (secondary N) is 1. The molecule has 3 fully saturated rings. The molecule has 2 saturated heterocycles. The number of sulfonamides is 1. The van der Waals surface area contributed by atoms with Crippen LogP contribution in [0.3, 0.4) is 0 Å². The smallest absolute Gasteiger partial charge is 0.243 e. The second-order valence-electron chi connectivity index (χ2n) is 10.2. The van der Waals surface area contributed by atoms with Crippen LogP contribution in [0, 0.1) is 11.8 Å². The van der Waals surface area contributed by atoms with Crippen molar-refractivity contribution in [3.8, 4) is 0 Å². The minimum atomic E-state index is -3.88. The summed E-state index contributed by atoms with van der Waals surface area (Å²) in [6, 6.07) is 6.86. The molecule has 2 amide bonds. The van der Waals surface area contributed by atoms with E-state index >= 15 is 0 Å². The monoisotopic (exact) mass is 569 g/mol. The van der Waals surface area contributed by atoms with E-state index in [4.69, 9.17) is 4.74 Å². The van der Waals surface area contributed by atoms with Gasteiger partial charge in [0.25, 0.3) is 0 Å². The van der Waals surface area contributed by atoms with Crippen molar-refractivity contribution in [3.63, 3.8) is 0 Å². The van der Waals surface area contributed by atoms with Gasteiger partial charge in [-0.05, 0) is 43.7 Å². The first-order chi connectivity index (χ1) is 18.0. The Kier molecular flexibility index (Phi) is 9.22. The average molecular weight is 570 g/mol. The van der Waals surface area contributed by atoms with Gasteiger partial charge >= 0.3 is 0 Å². The molecule has 1 aromatic rings. The van der Waals surface area contributed by atoms with Crippen molar-refractivity contribution in [2.75, 3.05) is 50.9 Å². The van der Waals surface area contributed by atoms with Crippen LogP contribution >= 0.6 is 0 Å². The molecular formula is C25H35N3O8S2. The molecule has 0 radical (unpaired) electrons. The van der Waals surface area contributed by atoms with E-state index in [2.05, 4.69) is 5.32 Å². The number of rotatable bonds is 10. The SMILES string of the molecule is O=C(NC1CCCN(S(=O)(=O)c2ccccc2)CC1=O)C(CC(=O)N1CCOCC1)CS(=O)(=O)CC1CC1. The number of nitrogens with zero attached hydrogens (tertiary/aromatic N) is 2. The number of Topliss-reactive ketones (excluding diaryl/α,β-unsaturated/α-hetero) is 1. The number of carbonyl (C=O) groups excluding carboxylic acids is 3. The lowest BCUT2D eigenvalue weighted by molar-refractivity contribution is -0.139. The molecule has 1 N–H and O–H groups in total. The standard InChI is InChI=1S/C25H35N3O8S2/c29-23-16-28(38(34,35)21-5-2-1-3-6-21)10-4-7-22(23)26-25(31)20(18-37(32,33)17-19-8-9-19)15-24(30)27-11-13-36-14-12-27/h1-3,5-6,19-20,22H,4,7-18H2,(H,26,31). The van der Waals surface area contributed by atoms with E-state index in [0.717, 1.165) is 17.1 Å². The Bertz CT molecular complexity index is 1230. The summed E-state index contributed by atoms with van der Waals surface area (Å²) >= 11 is 0. The van der Waals surface area contributed by atoms with Crippen molar-refractivity contribution >= 4 is 37.5 Å². The largest absolute Gasteiger partial charge is 0.378 e. The van der Waals surface area contributed by atoms with Gasteiger partial charge in [0, 0.05) is 26.1 Å². The molecule has 2 aliphatic heterocycles. The van der Waals surface area contributed by atoms with E-state index in [0.29, 0.717) is 32.7 Å². The van der Waals surface area contributed by atoms with E-state index in [1.807, 2.05) is 0 Å². The summed E-state index contributed by atoms with van der Waals surface area (Å²) in [6.07, 6.45) is 1.93. The number of carbonyl (C=O) groups is 3. The minimum absolute atomic E-state index is 0.0167. The molecule has 2 atom stereocenters. The first-order valence-corrected chi connectivity index (χ1v) is 16.3. The molecule has 3 aliphatic rings. The maximum atomic E-state index is 13.3. The van der Waals surface area contributed by atoms with Crippen LogP contribution in [0.1, 0.15) is 32.1 Å². The third kappa shape index (κ3) is 7.61. The van der Waals surface area contributed by atoms with Gasteiger partial charge < -0.3 is 15.0 Å². The Morgan fingerprint density at radius 1 is 1.00 bits per heavy atom. The molecule has 0 spiro atoms. The fourth-order valence-electron chi connectivity index (χ4n) is 4.78. The second kappa shape index (κ2) is 12.2. The lowest BCUT2D eigenvalue weighted by atomic mass is 10.0. The predicted molar refractivity (Wildman–Crippen MR) is 138 cm³/mol. The molecule has 1 saturated carbocycles. The number of amides is 2. The molecule has 13 heteroatoms. The zero-order valence-corrected chi connectivity index (χ0v) is 22.9. The summed E-state index contributed by atoms with van der Waals surface area (Å²) in [7, 11) is -7.47. The predicted octanol–water partition coefficient (Wildman–Crippen LogP) is 0.215. The third-order valence-corrected chi connectivity index (χ3v) is 10.9. The molecule has 4 rings (SSSR count). The van der Waals surface area contributed by atoms with Gasteiger partial charge in [0.2, 0.25) is 21.8 Å². The number of benzene rings is 1. The Labute approximate surface area is 223 Å². The van der Waals surface area contributed by atoms with Crippen LogP contribution in [0.2, 0.25) is 0 Å². The summed E-state index contributed by atoms with van der Waals surface area (Å²) in [5.74, 6) is -3.02. The Balaban J connectivity index is 1.44. The van der Waals surface area contributed by atoms with Crippen LogP contribution in [-0.2, 0) is 39.0 Å². The summed E-state index contributed by atoms with van der Waals surface area (Å²) < 4.78 is 58.0. The van der Waals surface area contributed by atoms with Crippen LogP contribution in [0.5, 0.6) is 0 Å². The number of sulfone groups is 1. The first-order valence-electron chi connectivity index (χ1n) is 13.0. The fraction of sp³-hybridized carbons (Fsp3) is 0.640. The van der Waals surface area contributed by atoms with Crippen LogP contribution in [0.25, 0.3) is 0 Å². The zero-order chi connectivity index (χ0) is 27.3. The van der Waals surface area contributed by atoms with E-state index in [1.54, 1.807) is 23.1 Å². The van der Waals surface area contributed by atoms with Crippen LogP contribution in [-0.4, -0.2) is 101 Å². The van der Waals surface area contributed by atoms with Crippen molar-refractivity contribution in [1.82, 2.24) is 14.5 Å². The van der Waals surface area contributed by atoms with E-state index in [-0.39, 0.29) is 41.9 Å². The summed E-state index contributed by atoms with van der Waals surface area (Å²) in [5, 5.41) is 2.65. The van der Waals surface area contributed by atoms with Gasteiger partial charge in [0.1, 0.15) is 0 Å². The van der Waals surface area contributed by atoms with Gasteiger partial charge in [-0.3, -0.25) is 14.4 Å². The Morgan fingerprint density at radius 3 is 2.34 bits per heavy atom. The number of hydrogen-bond acceptors (Lipinski definition) is 8. The molecule has 11 nitrogen and oxygen atoms in total. The summed E-state index contributed by atoms with van der Waals surface area (Å²) in [4.78, 5) is 40.9. The van der Waals surface area contributed by atoms with E-state index in [9.17, 15) is 31.2 Å². The Morgan fingerprint density at radius 2 is 1.68 bits per heavy atom. The number of ketones is 1. The first kappa shape index (κ1) is 28.7. The van der Waals surface area contributed by atoms with Crippen molar-refractivity contribution in [3.05, 3.63) is 30.3 Å². The van der Waals surface area contributed by atoms with Gasteiger partial charge in [-0.15, -0.1) is 0 Å². The molecule has 0 aromatic heterocycles. The molecule has 2 unspecified atom stereocenters. The lowest BCUT2D eigenvalue weighted by Gasteiger charge is -2.28. The maximum Gasteiger partial charge on any atom is 0.243 e. The summed E-state index contributed by atoms with van der Waals surface area (Å²) in [5.41, 5.74) is 0. The molecule has 1 aliphatic carbocycles. The van der Waals surface area contributed by atoms with Crippen molar-refractivity contribution in [2.24, 2.45) is 11.8 Å². The van der Waals surface area contributed by atoms with Crippen LogP contribution in [0.15, 0.2) is 35.2 Å². The van der Waals surface area contributed by atoms with E-state index < -0.39 is 55.8 Å². The topological polar surface area (TPSA) is 147 Å². The molecular weight excluding hydrogens is 534 g/mol. The van der Waals surface area contributed by atoms with Gasteiger partial charge in [-0.2, -0.15) is 4.31 Å². The van der Waals surface area contributed by atoms with Crippen molar-refractivity contribution in [2.45, 2.75) is 43.0 Å². The molecule has 0 bridgehead atoms. The van der Waals surface area contributed by atoms with Crippen molar-refractivity contribution in [1.29, 1.82) is 0 Å². The lowest BCUT2D eigenvalue weighted by Crippen LogP contribution is -2.49. The highest BCUT2D eigenvalue weighted by Crippen LogP contribution is 2.31. The maximum absolute atomic E-state index is 13.3. The number of hydrogen-bond donors (Lipinski definition) is 1. The van der Waals surface area contributed by atoms with Gasteiger partial charge in [-0.25, -0.2) is 16.8 Å². The minimum Gasteiger partial charge on any atom is -0.378 e. The fourth-order valence-corrected chi connectivity index (χ4v) is 8.32. The van der Waals surface area contributed by atoms with Crippen LogP contribution in [0.4, 0.5) is 0 Å². The highest BCUT2D eigenvalue weighted by molar-refractivity contribution is 7.91. The highest BCUT2D eigenvalue weighted by atomic mass is 32.2. The average Bonchev–Trinajstić information content (AvgIpc) is 3.72. The Hall–Kier alpha value is -2.35. The summed E-state index contributed by atoms with van der Waals surface area (Å²) in [6.45, 7) is 1.20. The molecule has 2 heterocycles. The normalized spacial score (nSPS) is 22.5. The van der Waals surface area contributed by atoms with Crippen molar-refractivity contribution < 1.29 is 36.0 Å². The van der Waals surface area contributed by atoms with Gasteiger partial charge in [0.05, 0.1) is 48.1 Å². The van der Waals surface area contributed by atoms with Crippen LogP contribution < -0.4 is 5.32 Å². The van der Waals surface area contributed by atoms with E-state index in [1.165, 1.54) is 12.1 Å². The molecule has 1 aromatic carbocycles. The second-order valence-corrected chi connectivity index (χ2v) is 14.3. The molecule has 38 heavy (non-hydrogen) atoms. The van der Waals surface area contributed by atoms with Gasteiger partial charge in [-0.1, -0.05) is 18.2 Å². The van der Waals surface area contributed by atoms with Gasteiger partial charge in [0.15, 0.2) is 15.6 Å². The molecule has 210 valence electrons. The number of ether oxygens (including phenoxy) is 1. The highest BCUT2D eigenvalue weighted by Gasteiger charge is 2.37. The quantitative estimate of drug-likeness (QED) is 0.421. The zero-order valence-electron chi connectivity index (χ0n) is 21.3. The number of morpholine rings is 1. The third-order valence-electron chi connectivity index (χ3n) is 7.12.